The van der Waals surface area contributed by atoms with Crippen LogP contribution < -0.4 is 10.9 Å². The van der Waals surface area contributed by atoms with E-state index in [9.17, 15) is 19.7 Å². The van der Waals surface area contributed by atoms with Crippen LogP contribution in [0.3, 0.4) is 0 Å². The Morgan fingerprint density at radius 1 is 1.10 bits per heavy atom. The number of non-ortho nitro benzene ring substituents is 1. The number of amides is 1. The fraction of sp³-hybridized carbons (Fsp3) is 0.0870. The van der Waals surface area contributed by atoms with Crippen molar-refractivity contribution in [2.24, 2.45) is 0 Å². The SMILES string of the molecule is Cc1cc([N+](=O)[O-])ccc1NC(=O)c1cc2cccnc2n(Cc2ccccc2)c1=O. The molecule has 4 rings (SSSR count). The predicted molar refractivity (Wildman–Crippen MR) is 117 cm³/mol. The molecule has 31 heavy (non-hydrogen) atoms. The number of nitro benzene ring substituents is 1. The molecular formula is C23H18N4O4. The van der Waals surface area contributed by atoms with Crippen molar-refractivity contribution in [3.05, 3.63) is 110 Å². The molecule has 0 radical (unpaired) electrons. The number of pyridine rings is 2. The standard InChI is InChI=1S/C23H18N4O4/c1-15-12-18(27(30)31)9-10-20(15)25-22(28)19-13-17-8-5-11-24-21(17)26(23(19)29)14-16-6-3-2-4-7-16/h2-13H,14H2,1H3,(H,25,28). The third kappa shape index (κ3) is 4.04. The number of benzene rings is 2. The highest BCUT2D eigenvalue weighted by Crippen LogP contribution is 2.22. The van der Waals surface area contributed by atoms with Gasteiger partial charge in [-0.3, -0.25) is 24.3 Å². The number of nitro groups is 1. The third-order valence-electron chi connectivity index (χ3n) is 4.95. The molecule has 154 valence electrons. The lowest BCUT2D eigenvalue weighted by Gasteiger charge is -2.13. The number of aryl methyl sites for hydroxylation is 1. The van der Waals surface area contributed by atoms with Crippen molar-refractivity contribution >= 4 is 28.3 Å². The molecule has 0 fully saturated rings. The number of hydrogen-bond acceptors (Lipinski definition) is 5. The lowest BCUT2D eigenvalue weighted by atomic mass is 10.1. The van der Waals surface area contributed by atoms with Gasteiger partial charge in [0.05, 0.1) is 11.5 Å². The van der Waals surface area contributed by atoms with Gasteiger partial charge in [0.15, 0.2) is 0 Å². The lowest BCUT2D eigenvalue weighted by molar-refractivity contribution is -0.384. The molecule has 2 aromatic heterocycles. The van der Waals surface area contributed by atoms with Gasteiger partial charge in [-0.2, -0.15) is 0 Å². The summed E-state index contributed by atoms with van der Waals surface area (Å²) < 4.78 is 1.47. The quantitative estimate of drug-likeness (QED) is 0.393. The topological polar surface area (TPSA) is 107 Å². The monoisotopic (exact) mass is 414 g/mol. The molecule has 0 saturated heterocycles. The van der Waals surface area contributed by atoms with Gasteiger partial charge in [0.25, 0.3) is 17.2 Å². The van der Waals surface area contributed by atoms with E-state index in [1.807, 2.05) is 30.3 Å². The van der Waals surface area contributed by atoms with Crippen molar-refractivity contribution in [3.63, 3.8) is 0 Å². The first-order valence-electron chi connectivity index (χ1n) is 9.53. The molecule has 0 unspecified atom stereocenters. The first-order valence-corrected chi connectivity index (χ1v) is 9.53. The second kappa shape index (κ2) is 8.19. The van der Waals surface area contributed by atoms with Crippen molar-refractivity contribution in [1.82, 2.24) is 9.55 Å². The minimum atomic E-state index is -0.588. The maximum absolute atomic E-state index is 13.2. The van der Waals surface area contributed by atoms with E-state index in [2.05, 4.69) is 10.3 Å². The average Bonchev–Trinajstić information content (AvgIpc) is 2.77. The van der Waals surface area contributed by atoms with Crippen molar-refractivity contribution < 1.29 is 9.72 Å². The normalized spacial score (nSPS) is 10.7. The number of carbonyl (C=O) groups is 1. The van der Waals surface area contributed by atoms with Crippen LogP contribution in [0.15, 0.2) is 77.7 Å². The fourth-order valence-corrected chi connectivity index (χ4v) is 3.37. The van der Waals surface area contributed by atoms with E-state index in [-0.39, 0.29) is 17.8 Å². The molecule has 0 saturated carbocycles. The van der Waals surface area contributed by atoms with Gasteiger partial charge >= 0.3 is 0 Å². The minimum absolute atomic E-state index is 0.0332. The van der Waals surface area contributed by atoms with E-state index < -0.39 is 16.4 Å². The summed E-state index contributed by atoms with van der Waals surface area (Å²) in [5.41, 5.74) is 1.74. The van der Waals surface area contributed by atoms with E-state index >= 15 is 0 Å². The first kappa shape index (κ1) is 20.0. The highest BCUT2D eigenvalue weighted by Gasteiger charge is 2.18. The fourth-order valence-electron chi connectivity index (χ4n) is 3.37. The van der Waals surface area contributed by atoms with Crippen molar-refractivity contribution in [3.8, 4) is 0 Å². The molecule has 2 heterocycles. The molecule has 1 amide bonds. The largest absolute Gasteiger partial charge is 0.322 e. The lowest BCUT2D eigenvalue weighted by Crippen LogP contribution is -2.30. The minimum Gasteiger partial charge on any atom is -0.322 e. The zero-order chi connectivity index (χ0) is 22.0. The van der Waals surface area contributed by atoms with E-state index in [4.69, 9.17) is 0 Å². The molecule has 2 aromatic carbocycles. The van der Waals surface area contributed by atoms with Gasteiger partial charge in [-0.05, 0) is 42.3 Å². The Kier molecular flexibility index (Phi) is 5.28. The van der Waals surface area contributed by atoms with Gasteiger partial charge in [-0.1, -0.05) is 30.3 Å². The van der Waals surface area contributed by atoms with E-state index in [0.29, 0.717) is 22.3 Å². The molecule has 0 aliphatic carbocycles. The van der Waals surface area contributed by atoms with Gasteiger partial charge < -0.3 is 5.32 Å². The highest BCUT2D eigenvalue weighted by molar-refractivity contribution is 6.06. The Morgan fingerprint density at radius 3 is 2.58 bits per heavy atom. The molecule has 0 aliphatic rings. The summed E-state index contributed by atoms with van der Waals surface area (Å²) in [4.78, 5) is 41.0. The molecule has 1 N–H and O–H groups in total. The summed E-state index contributed by atoms with van der Waals surface area (Å²) >= 11 is 0. The van der Waals surface area contributed by atoms with Gasteiger partial charge in [-0.15, -0.1) is 0 Å². The Labute approximate surface area is 176 Å². The number of carbonyl (C=O) groups excluding carboxylic acids is 1. The van der Waals surface area contributed by atoms with Crippen LogP contribution in [0, 0.1) is 17.0 Å². The second-order valence-corrected chi connectivity index (χ2v) is 7.06. The second-order valence-electron chi connectivity index (χ2n) is 7.06. The van der Waals surface area contributed by atoms with E-state index in [1.54, 1.807) is 25.3 Å². The Bertz CT molecular complexity index is 1360. The number of nitrogens with zero attached hydrogens (tertiary/aromatic N) is 3. The van der Waals surface area contributed by atoms with Crippen LogP contribution in [-0.2, 0) is 6.54 Å². The first-order chi connectivity index (χ1) is 14.9. The number of fused-ring (bicyclic) bond motifs is 1. The summed E-state index contributed by atoms with van der Waals surface area (Å²) in [5, 5.41) is 14.3. The van der Waals surface area contributed by atoms with Crippen LogP contribution >= 0.6 is 0 Å². The highest BCUT2D eigenvalue weighted by atomic mass is 16.6. The van der Waals surface area contributed by atoms with Gasteiger partial charge in [-0.25, -0.2) is 4.98 Å². The molecule has 0 atom stereocenters. The number of aromatic nitrogens is 2. The van der Waals surface area contributed by atoms with Crippen molar-refractivity contribution in [2.75, 3.05) is 5.32 Å². The number of anilines is 1. The Hall–Kier alpha value is -4.33. The van der Waals surface area contributed by atoms with Crippen LogP contribution in [0.25, 0.3) is 11.0 Å². The molecule has 4 aromatic rings. The summed E-state index contributed by atoms with van der Waals surface area (Å²) in [7, 11) is 0. The Balaban J connectivity index is 1.75. The Morgan fingerprint density at radius 2 is 1.87 bits per heavy atom. The van der Waals surface area contributed by atoms with E-state index in [0.717, 1.165) is 5.56 Å². The third-order valence-corrected chi connectivity index (χ3v) is 4.95. The predicted octanol–water partition coefficient (Wildman–Crippen LogP) is 3.91. The van der Waals surface area contributed by atoms with Gasteiger partial charge in [0.2, 0.25) is 0 Å². The smallest absolute Gasteiger partial charge is 0.269 e. The van der Waals surface area contributed by atoms with Crippen LogP contribution in [0.2, 0.25) is 0 Å². The zero-order valence-corrected chi connectivity index (χ0v) is 16.6. The zero-order valence-electron chi connectivity index (χ0n) is 16.6. The van der Waals surface area contributed by atoms with E-state index in [1.165, 1.54) is 28.8 Å². The summed E-state index contributed by atoms with van der Waals surface area (Å²) in [5.74, 6) is -0.588. The molecule has 8 heteroatoms. The van der Waals surface area contributed by atoms with Crippen LogP contribution in [0.1, 0.15) is 21.5 Å². The molecule has 8 nitrogen and oxygen atoms in total. The van der Waals surface area contributed by atoms with Crippen LogP contribution in [0.5, 0.6) is 0 Å². The van der Waals surface area contributed by atoms with Crippen LogP contribution in [0.4, 0.5) is 11.4 Å². The number of nitrogens with one attached hydrogen (secondary N) is 1. The summed E-state index contributed by atoms with van der Waals surface area (Å²) in [6, 6.07) is 18.6. The summed E-state index contributed by atoms with van der Waals surface area (Å²) in [6.07, 6.45) is 1.60. The molecule has 0 spiro atoms. The van der Waals surface area contributed by atoms with Crippen molar-refractivity contribution in [1.29, 1.82) is 0 Å². The van der Waals surface area contributed by atoms with Crippen LogP contribution in [-0.4, -0.2) is 20.4 Å². The van der Waals surface area contributed by atoms with Gasteiger partial charge in [0, 0.05) is 29.4 Å². The molecule has 0 aliphatic heterocycles. The number of hydrogen-bond donors (Lipinski definition) is 1. The molecular weight excluding hydrogens is 396 g/mol. The summed E-state index contributed by atoms with van der Waals surface area (Å²) in [6.45, 7) is 1.92. The molecule has 0 bridgehead atoms. The average molecular weight is 414 g/mol. The van der Waals surface area contributed by atoms with Gasteiger partial charge in [0.1, 0.15) is 11.2 Å². The maximum Gasteiger partial charge on any atom is 0.269 e. The van der Waals surface area contributed by atoms with Crippen molar-refractivity contribution in [2.45, 2.75) is 13.5 Å². The maximum atomic E-state index is 13.2. The number of rotatable bonds is 5.